The number of hydrogen-bond acceptors (Lipinski definition) is 6. The molecule has 2 heterocycles. The fraction of sp³-hybridized carbons (Fsp3) is 0.278. The zero-order valence-electron chi connectivity index (χ0n) is 14.8. The van der Waals surface area contributed by atoms with Gasteiger partial charge in [0.1, 0.15) is 18.0 Å². The van der Waals surface area contributed by atoms with Gasteiger partial charge in [-0.2, -0.15) is 8.42 Å². The number of carbonyl (C=O) groups excluding carboxylic acids is 1. The molecule has 0 radical (unpaired) electrons. The molecule has 4 rings (SSSR count). The van der Waals surface area contributed by atoms with Crippen LogP contribution in [-0.4, -0.2) is 52.3 Å². The van der Waals surface area contributed by atoms with Gasteiger partial charge in [0, 0.05) is 18.8 Å². The van der Waals surface area contributed by atoms with Gasteiger partial charge in [0.2, 0.25) is 0 Å². The number of nitrogens with zero attached hydrogens (tertiary/aromatic N) is 2. The van der Waals surface area contributed by atoms with Crippen molar-refractivity contribution in [3.63, 3.8) is 0 Å². The van der Waals surface area contributed by atoms with Crippen molar-refractivity contribution in [1.82, 2.24) is 4.72 Å². The molecule has 2 fully saturated rings. The van der Waals surface area contributed by atoms with Crippen LogP contribution in [0.5, 0.6) is 5.75 Å². The third-order valence-corrected chi connectivity index (χ3v) is 6.05. The normalized spacial score (nSPS) is 19.0. The standard InChI is InChI=1S/C18H18FN3O5S/c19-15-9-13(10-16(23)18(15)22-11-17(24)20-28(22,25)26)12-2-1-3-14(8-12)21-4-6-27-7-5-21/h1-3,8-10,23H,4-7,11H2,(H,20,24). The number of carbonyl (C=O) groups is 1. The van der Waals surface area contributed by atoms with Gasteiger partial charge in [-0.3, -0.25) is 4.79 Å². The molecule has 0 atom stereocenters. The fourth-order valence-electron chi connectivity index (χ4n) is 3.35. The van der Waals surface area contributed by atoms with Gasteiger partial charge in [0.05, 0.1) is 13.2 Å². The third kappa shape index (κ3) is 3.36. The van der Waals surface area contributed by atoms with Crippen LogP contribution in [0.3, 0.4) is 0 Å². The maximum absolute atomic E-state index is 14.7. The van der Waals surface area contributed by atoms with Crippen LogP contribution in [0, 0.1) is 5.82 Å². The number of rotatable bonds is 3. The van der Waals surface area contributed by atoms with Crippen molar-refractivity contribution in [1.29, 1.82) is 0 Å². The quantitative estimate of drug-likeness (QED) is 0.794. The molecule has 0 bridgehead atoms. The molecule has 2 aromatic rings. The van der Waals surface area contributed by atoms with Gasteiger partial charge < -0.3 is 14.7 Å². The number of hydrogen-bond donors (Lipinski definition) is 2. The number of nitrogens with one attached hydrogen (secondary N) is 1. The summed E-state index contributed by atoms with van der Waals surface area (Å²) < 4.78 is 46.3. The molecule has 0 saturated carbocycles. The average Bonchev–Trinajstić information content (AvgIpc) is 2.94. The van der Waals surface area contributed by atoms with E-state index in [1.54, 1.807) is 10.8 Å². The highest BCUT2D eigenvalue weighted by Gasteiger charge is 2.37. The predicted octanol–water partition coefficient (Wildman–Crippen LogP) is 1.22. The first-order chi connectivity index (χ1) is 13.3. The summed E-state index contributed by atoms with van der Waals surface area (Å²) in [5, 5.41) is 10.3. The molecule has 0 spiro atoms. The van der Waals surface area contributed by atoms with Crippen molar-refractivity contribution in [3.05, 3.63) is 42.2 Å². The van der Waals surface area contributed by atoms with Crippen molar-refractivity contribution in [2.45, 2.75) is 0 Å². The molecule has 148 valence electrons. The van der Waals surface area contributed by atoms with Gasteiger partial charge in [-0.25, -0.2) is 13.4 Å². The van der Waals surface area contributed by atoms with E-state index in [2.05, 4.69) is 4.90 Å². The lowest BCUT2D eigenvalue weighted by Gasteiger charge is -2.29. The van der Waals surface area contributed by atoms with E-state index in [1.807, 2.05) is 18.2 Å². The molecular formula is C18H18FN3O5S. The Kier molecular flexibility index (Phi) is 4.60. The van der Waals surface area contributed by atoms with E-state index >= 15 is 0 Å². The van der Waals surface area contributed by atoms with Crippen LogP contribution in [-0.2, 0) is 19.7 Å². The Hall–Kier alpha value is -2.85. The molecule has 2 saturated heterocycles. The molecule has 2 aliphatic heterocycles. The SMILES string of the molecule is O=C1CN(c2c(O)cc(-c3cccc(N4CCOCC4)c3)cc2F)S(=O)(=O)N1. The van der Waals surface area contributed by atoms with Crippen molar-refractivity contribution in [2.24, 2.45) is 0 Å². The number of phenols is 1. The average molecular weight is 407 g/mol. The van der Waals surface area contributed by atoms with Gasteiger partial charge in [-0.05, 0) is 35.4 Å². The predicted molar refractivity (Wildman–Crippen MR) is 101 cm³/mol. The third-order valence-electron chi connectivity index (χ3n) is 4.67. The smallest absolute Gasteiger partial charge is 0.326 e. The minimum atomic E-state index is -4.22. The number of phenolic OH excluding ortho intramolecular Hbond substituents is 1. The van der Waals surface area contributed by atoms with Crippen molar-refractivity contribution >= 4 is 27.5 Å². The van der Waals surface area contributed by atoms with Crippen LogP contribution in [0.15, 0.2) is 36.4 Å². The molecule has 8 nitrogen and oxygen atoms in total. The lowest BCUT2D eigenvalue weighted by Crippen LogP contribution is -2.36. The topological polar surface area (TPSA) is 99.2 Å². The maximum Gasteiger partial charge on any atom is 0.326 e. The van der Waals surface area contributed by atoms with Crippen LogP contribution in [0.25, 0.3) is 11.1 Å². The van der Waals surface area contributed by atoms with Crippen LogP contribution < -0.4 is 13.9 Å². The Balaban J connectivity index is 1.70. The summed E-state index contributed by atoms with van der Waals surface area (Å²) >= 11 is 0. The Labute approximate surface area is 161 Å². The number of anilines is 2. The van der Waals surface area contributed by atoms with E-state index in [4.69, 9.17) is 4.74 Å². The summed E-state index contributed by atoms with van der Waals surface area (Å²) in [6, 6.07) is 9.84. The molecule has 2 aliphatic rings. The van der Waals surface area contributed by atoms with Crippen molar-refractivity contribution in [3.8, 4) is 16.9 Å². The second-order valence-electron chi connectivity index (χ2n) is 6.51. The highest BCUT2D eigenvalue weighted by atomic mass is 32.2. The molecule has 0 aromatic heterocycles. The highest BCUT2D eigenvalue weighted by molar-refractivity contribution is 7.92. The molecule has 1 amide bonds. The second-order valence-corrected chi connectivity index (χ2v) is 8.11. The number of aromatic hydroxyl groups is 1. The summed E-state index contributed by atoms with van der Waals surface area (Å²) in [5.74, 6) is -2.29. The number of morpholine rings is 1. The zero-order chi connectivity index (χ0) is 19.9. The largest absolute Gasteiger partial charge is 0.506 e. The molecule has 2 N–H and O–H groups in total. The first kappa shape index (κ1) is 18.5. The van der Waals surface area contributed by atoms with Gasteiger partial charge in [0.15, 0.2) is 5.82 Å². The van der Waals surface area contributed by atoms with Gasteiger partial charge in [-0.1, -0.05) is 12.1 Å². The minimum Gasteiger partial charge on any atom is -0.506 e. The molecule has 10 heteroatoms. The minimum absolute atomic E-state index is 0.393. The van der Waals surface area contributed by atoms with E-state index < -0.39 is 39.9 Å². The first-order valence-electron chi connectivity index (χ1n) is 8.64. The number of benzene rings is 2. The van der Waals surface area contributed by atoms with Crippen LogP contribution >= 0.6 is 0 Å². The van der Waals surface area contributed by atoms with Gasteiger partial charge in [0.25, 0.3) is 5.91 Å². The Bertz CT molecular complexity index is 1010. The van der Waals surface area contributed by atoms with E-state index in [0.717, 1.165) is 24.8 Å². The lowest BCUT2D eigenvalue weighted by atomic mass is 10.0. The number of halogens is 1. The number of ether oxygens (including phenoxy) is 1. The Morgan fingerprint density at radius 2 is 1.86 bits per heavy atom. The molecule has 0 unspecified atom stereocenters. The molecule has 28 heavy (non-hydrogen) atoms. The monoisotopic (exact) mass is 407 g/mol. The van der Waals surface area contributed by atoms with Gasteiger partial charge >= 0.3 is 10.2 Å². The van der Waals surface area contributed by atoms with Crippen LogP contribution in [0.4, 0.5) is 15.8 Å². The van der Waals surface area contributed by atoms with Crippen molar-refractivity contribution < 1.29 is 27.4 Å². The summed E-state index contributed by atoms with van der Waals surface area (Å²) in [6.07, 6.45) is 0. The maximum atomic E-state index is 14.7. The van der Waals surface area contributed by atoms with Crippen LogP contribution in [0.2, 0.25) is 0 Å². The summed E-state index contributed by atoms with van der Waals surface area (Å²) in [7, 11) is -4.22. The van der Waals surface area contributed by atoms with E-state index in [9.17, 15) is 22.7 Å². The molecular weight excluding hydrogens is 389 g/mol. The summed E-state index contributed by atoms with van der Waals surface area (Å²) in [5.41, 5.74) is 1.46. The van der Waals surface area contributed by atoms with E-state index in [1.165, 1.54) is 6.07 Å². The fourth-order valence-corrected chi connectivity index (χ4v) is 4.52. The van der Waals surface area contributed by atoms with Crippen LogP contribution in [0.1, 0.15) is 0 Å². The van der Waals surface area contributed by atoms with Crippen molar-refractivity contribution in [2.75, 3.05) is 42.1 Å². The Morgan fingerprint density at radius 1 is 1.11 bits per heavy atom. The summed E-state index contributed by atoms with van der Waals surface area (Å²) in [4.78, 5) is 13.5. The number of amides is 1. The zero-order valence-corrected chi connectivity index (χ0v) is 15.6. The lowest BCUT2D eigenvalue weighted by molar-refractivity contribution is -0.117. The van der Waals surface area contributed by atoms with E-state index in [-0.39, 0.29) is 0 Å². The molecule has 0 aliphatic carbocycles. The first-order valence-corrected chi connectivity index (χ1v) is 10.1. The summed E-state index contributed by atoms with van der Waals surface area (Å²) in [6.45, 7) is 2.17. The highest BCUT2D eigenvalue weighted by Crippen LogP contribution is 2.38. The van der Waals surface area contributed by atoms with Gasteiger partial charge in [-0.15, -0.1) is 0 Å². The van der Waals surface area contributed by atoms with E-state index in [0.29, 0.717) is 28.6 Å². The molecule has 2 aromatic carbocycles. The second kappa shape index (κ2) is 6.95. The Morgan fingerprint density at radius 3 is 2.50 bits per heavy atom.